The zero-order valence-corrected chi connectivity index (χ0v) is 11.2. The summed E-state index contributed by atoms with van der Waals surface area (Å²) in [4.78, 5) is 27.5. The van der Waals surface area contributed by atoms with Crippen molar-refractivity contribution in [2.24, 2.45) is 0 Å². The average molecular weight is 279 g/mol. The molecule has 0 radical (unpaired) electrons. The largest absolute Gasteiger partial charge is 0.324 e. The van der Waals surface area contributed by atoms with Crippen molar-refractivity contribution < 1.29 is 4.79 Å². The number of rotatable bonds is 3. The molecule has 1 heterocycles. The normalized spacial score (nSPS) is 10.5. The monoisotopic (exact) mass is 279 g/mol. The fourth-order valence-electron chi connectivity index (χ4n) is 2.18. The molecular formula is C16H13N3O2. The van der Waals surface area contributed by atoms with Gasteiger partial charge in [-0.15, -0.1) is 0 Å². The molecule has 0 spiro atoms. The predicted molar refractivity (Wildman–Crippen MR) is 81.1 cm³/mol. The van der Waals surface area contributed by atoms with Crippen LogP contribution in [0.25, 0.3) is 10.8 Å². The van der Waals surface area contributed by atoms with Crippen molar-refractivity contribution in [3.8, 4) is 0 Å². The van der Waals surface area contributed by atoms with Crippen LogP contribution >= 0.6 is 0 Å². The van der Waals surface area contributed by atoms with Crippen LogP contribution in [0.4, 0.5) is 5.69 Å². The Morgan fingerprint density at radius 3 is 2.76 bits per heavy atom. The Morgan fingerprint density at radius 1 is 1.10 bits per heavy atom. The third-order valence-corrected chi connectivity index (χ3v) is 3.17. The number of hydrogen-bond donors (Lipinski definition) is 1. The predicted octanol–water partition coefficient (Wildman–Crippen LogP) is 2.04. The molecule has 1 amide bonds. The molecule has 0 aliphatic carbocycles. The van der Waals surface area contributed by atoms with E-state index in [2.05, 4.69) is 10.3 Å². The molecule has 0 atom stereocenters. The van der Waals surface area contributed by atoms with E-state index in [1.807, 2.05) is 42.5 Å². The highest BCUT2D eigenvalue weighted by Crippen LogP contribution is 2.22. The second-order valence-corrected chi connectivity index (χ2v) is 4.62. The molecule has 0 unspecified atom stereocenters. The van der Waals surface area contributed by atoms with Crippen LogP contribution < -0.4 is 10.9 Å². The maximum atomic E-state index is 12.1. The van der Waals surface area contributed by atoms with Crippen molar-refractivity contribution in [3.05, 3.63) is 71.4 Å². The molecule has 0 aliphatic rings. The first-order valence-corrected chi connectivity index (χ1v) is 6.52. The van der Waals surface area contributed by atoms with Gasteiger partial charge >= 0.3 is 0 Å². The van der Waals surface area contributed by atoms with Gasteiger partial charge in [0.1, 0.15) is 6.54 Å². The van der Waals surface area contributed by atoms with Gasteiger partial charge in [-0.2, -0.15) is 0 Å². The maximum absolute atomic E-state index is 12.1. The Bertz CT molecular complexity index is 850. The fourth-order valence-corrected chi connectivity index (χ4v) is 2.18. The van der Waals surface area contributed by atoms with E-state index in [9.17, 15) is 9.59 Å². The van der Waals surface area contributed by atoms with Crippen LogP contribution in [-0.2, 0) is 11.3 Å². The van der Waals surface area contributed by atoms with Crippen LogP contribution in [0.2, 0.25) is 0 Å². The molecule has 0 saturated carbocycles. The molecule has 0 saturated heterocycles. The van der Waals surface area contributed by atoms with E-state index in [1.165, 1.54) is 23.2 Å². The van der Waals surface area contributed by atoms with Crippen LogP contribution in [0.5, 0.6) is 0 Å². The quantitative estimate of drug-likeness (QED) is 0.798. The Morgan fingerprint density at radius 2 is 1.90 bits per heavy atom. The van der Waals surface area contributed by atoms with Gasteiger partial charge in [-0.05, 0) is 11.5 Å². The molecule has 1 aromatic heterocycles. The summed E-state index contributed by atoms with van der Waals surface area (Å²) in [5, 5.41) is 4.85. The van der Waals surface area contributed by atoms with Crippen LogP contribution in [0, 0.1) is 0 Å². The topological polar surface area (TPSA) is 64.0 Å². The molecular weight excluding hydrogens is 266 g/mol. The number of amides is 1. The molecule has 5 heteroatoms. The zero-order chi connectivity index (χ0) is 14.7. The summed E-state index contributed by atoms with van der Waals surface area (Å²) in [6.07, 6.45) is 2.76. The highest BCUT2D eigenvalue weighted by atomic mass is 16.2. The number of nitrogens with zero attached hydrogens (tertiary/aromatic N) is 2. The van der Waals surface area contributed by atoms with Crippen molar-refractivity contribution in [2.75, 3.05) is 5.32 Å². The number of aromatic nitrogens is 2. The zero-order valence-electron chi connectivity index (χ0n) is 11.2. The number of hydrogen-bond acceptors (Lipinski definition) is 3. The van der Waals surface area contributed by atoms with Gasteiger partial charge in [0.05, 0.1) is 6.33 Å². The Labute approximate surface area is 120 Å². The van der Waals surface area contributed by atoms with Gasteiger partial charge in [0.2, 0.25) is 5.91 Å². The summed E-state index contributed by atoms with van der Waals surface area (Å²) in [5.74, 6) is -0.263. The van der Waals surface area contributed by atoms with E-state index < -0.39 is 0 Å². The summed E-state index contributed by atoms with van der Waals surface area (Å²) in [6.45, 7) is -0.0596. The lowest BCUT2D eigenvalue weighted by atomic mass is 10.1. The van der Waals surface area contributed by atoms with Crippen molar-refractivity contribution in [1.82, 2.24) is 9.55 Å². The van der Waals surface area contributed by atoms with Crippen LogP contribution in [0.15, 0.2) is 65.8 Å². The molecule has 1 N–H and O–H groups in total. The van der Waals surface area contributed by atoms with E-state index in [4.69, 9.17) is 0 Å². The van der Waals surface area contributed by atoms with Crippen LogP contribution in [0.3, 0.4) is 0 Å². The molecule has 0 bridgehead atoms. The minimum Gasteiger partial charge on any atom is -0.324 e. The lowest BCUT2D eigenvalue weighted by Gasteiger charge is -2.09. The van der Waals surface area contributed by atoms with Crippen molar-refractivity contribution in [3.63, 3.8) is 0 Å². The summed E-state index contributed by atoms with van der Waals surface area (Å²) in [5.41, 5.74) is 0.480. The molecule has 3 aromatic rings. The van der Waals surface area contributed by atoms with E-state index in [0.717, 1.165) is 16.5 Å². The first-order valence-electron chi connectivity index (χ1n) is 6.52. The van der Waals surface area contributed by atoms with Crippen LogP contribution in [-0.4, -0.2) is 15.5 Å². The van der Waals surface area contributed by atoms with Gasteiger partial charge in [0.25, 0.3) is 5.56 Å². The van der Waals surface area contributed by atoms with E-state index in [-0.39, 0.29) is 18.0 Å². The van der Waals surface area contributed by atoms with Gasteiger partial charge in [0, 0.05) is 23.3 Å². The van der Waals surface area contributed by atoms with E-state index in [1.54, 1.807) is 0 Å². The highest BCUT2D eigenvalue weighted by molar-refractivity contribution is 6.01. The Kier molecular flexibility index (Phi) is 3.47. The van der Waals surface area contributed by atoms with Gasteiger partial charge in [-0.3, -0.25) is 14.2 Å². The lowest BCUT2D eigenvalue weighted by molar-refractivity contribution is -0.116. The Balaban J connectivity index is 1.84. The molecule has 0 fully saturated rings. The van der Waals surface area contributed by atoms with E-state index >= 15 is 0 Å². The van der Waals surface area contributed by atoms with Gasteiger partial charge in [-0.1, -0.05) is 36.4 Å². The fraction of sp³-hybridized carbons (Fsp3) is 0.0625. The van der Waals surface area contributed by atoms with Gasteiger partial charge in [0.15, 0.2) is 0 Å². The number of carbonyl (C=O) groups is 1. The molecule has 0 aliphatic heterocycles. The first-order chi connectivity index (χ1) is 10.2. The smallest absolute Gasteiger partial charge is 0.253 e. The molecule has 5 nitrogen and oxygen atoms in total. The number of benzene rings is 2. The standard InChI is InChI=1S/C16H13N3O2/c20-15(10-19-11-17-9-8-16(19)21)18-14-7-3-5-12-4-1-2-6-13(12)14/h1-9,11H,10H2,(H,18,20). The van der Waals surface area contributed by atoms with Crippen molar-refractivity contribution >= 4 is 22.4 Å². The van der Waals surface area contributed by atoms with Gasteiger partial charge < -0.3 is 5.32 Å². The molecule has 3 rings (SSSR count). The summed E-state index contributed by atoms with van der Waals surface area (Å²) in [6, 6.07) is 14.8. The minimum atomic E-state index is -0.263. The van der Waals surface area contributed by atoms with Crippen LogP contribution in [0.1, 0.15) is 0 Å². The average Bonchev–Trinajstić information content (AvgIpc) is 2.50. The first kappa shape index (κ1) is 13.1. The number of nitrogens with one attached hydrogen (secondary N) is 1. The lowest BCUT2D eigenvalue weighted by Crippen LogP contribution is -2.27. The number of carbonyl (C=O) groups excluding carboxylic acids is 1. The summed E-state index contributed by atoms with van der Waals surface area (Å²) in [7, 11) is 0. The van der Waals surface area contributed by atoms with Gasteiger partial charge in [-0.25, -0.2) is 4.98 Å². The second-order valence-electron chi connectivity index (χ2n) is 4.62. The molecule has 21 heavy (non-hydrogen) atoms. The van der Waals surface area contributed by atoms with E-state index in [0.29, 0.717) is 0 Å². The van der Waals surface area contributed by atoms with Crippen molar-refractivity contribution in [2.45, 2.75) is 6.54 Å². The molecule has 104 valence electrons. The second kappa shape index (κ2) is 5.58. The summed E-state index contributed by atoms with van der Waals surface area (Å²) < 4.78 is 1.26. The number of fused-ring (bicyclic) bond motifs is 1. The highest BCUT2D eigenvalue weighted by Gasteiger charge is 2.07. The third kappa shape index (κ3) is 2.81. The van der Waals surface area contributed by atoms with Crippen molar-refractivity contribution in [1.29, 1.82) is 0 Å². The summed E-state index contributed by atoms with van der Waals surface area (Å²) >= 11 is 0. The number of anilines is 1. The third-order valence-electron chi connectivity index (χ3n) is 3.17. The SMILES string of the molecule is O=C(Cn1cnccc1=O)Nc1cccc2ccccc12. The minimum absolute atomic E-state index is 0.0596. The maximum Gasteiger partial charge on any atom is 0.253 e. The Hall–Kier alpha value is -2.95. The molecule has 2 aromatic carbocycles.